The van der Waals surface area contributed by atoms with E-state index < -0.39 is 0 Å². The molecule has 1 aromatic rings. The largest absolute Gasteiger partial charge is 0.497 e. The second-order valence-electron chi connectivity index (χ2n) is 3.77. The van der Waals surface area contributed by atoms with Gasteiger partial charge < -0.3 is 10.5 Å². The summed E-state index contributed by atoms with van der Waals surface area (Å²) < 4.78 is 5.17. The molecule has 15 heavy (non-hydrogen) atoms. The van der Waals surface area contributed by atoms with E-state index in [1.165, 1.54) is 0 Å². The fourth-order valence-electron chi connectivity index (χ4n) is 1.26. The molecule has 0 aliphatic rings. The fourth-order valence-corrected chi connectivity index (χ4v) is 2.05. The summed E-state index contributed by atoms with van der Waals surface area (Å²) in [5, 5.41) is 0.627. The average molecular weight is 225 g/mol. The van der Waals surface area contributed by atoms with E-state index in [0.29, 0.717) is 5.25 Å². The van der Waals surface area contributed by atoms with Crippen molar-refractivity contribution in [2.24, 2.45) is 5.73 Å². The molecule has 1 atom stereocenters. The summed E-state index contributed by atoms with van der Waals surface area (Å²) >= 11 is 1.88. The number of thioether (sulfide) groups is 1. The summed E-state index contributed by atoms with van der Waals surface area (Å²) in [7, 11) is 1.67. The molecular weight excluding hydrogens is 206 g/mol. The molecule has 1 unspecified atom stereocenters. The van der Waals surface area contributed by atoms with E-state index in [9.17, 15) is 0 Å². The van der Waals surface area contributed by atoms with E-state index in [2.05, 4.69) is 13.8 Å². The van der Waals surface area contributed by atoms with Crippen LogP contribution in [0.5, 0.6) is 5.75 Å². The molecule has 0 fully saturated rings. The first-order chi connectivity index (χ1) is 7.13. The van der Waals surface area contributed by atoms with Crippen molar-refractivity contribution in [2.45, 2.75) is 25.1 Å². The van der Waals surface area contributed by atoms with Crippen LogP contribution >= 0.6 is 11.8 Å². The lowest BCUT2D eigenvalue weighted by Crippen LogP contribution is -2.14. The van der Waals surface area contributed by atoms with Crippen LogP contribution in [-0.2, 0) is 0 Å². The normalized spacial score (nSPS) is 12.9. The Bertz CT molecular complexity index is 301. The van der Waals surface area contributed by atoms with Gasteiger partial charge in [-0.3, -0.25) is 0 Å². The van der Waals surface area contributed by atoms with Crippen LogP contribution in [0.15, 0.2) is 24.3 Å². The lowest BCUT2D eigenvalue weighted by Gasteiger charge is -2.14. The Kier molecular flexibility index (Phi) is 4.99. The third-order valence-corrected chi connectivity index (χ3v) is 3.35. The Hall–Kier alpha value is -0.670. The highest BCUT2D eigenvalue weighted by molar-refractivity contribution is 7.99. The van der Waals surface area contributed by atoms with Crippen molar-refractivity contribution in [2.75, 3.05) is 12.9 Å². The van der Waals surface area contributed by atoms with Crippen LogP contribution in [0.25, 0.3) is 0 Å². The van der Waals surface area contributed by atoms with Gasteiger partial charge in [-0.25, -0.2) is 0 Å². The molecule has 0 bridgehead atoms. The Morgan fingerprint density at radius 3 is 2.73 bits per heavy atom. The van der Waals surface area contributed by atoms with E-state index >= 15 is 0 Å². The van der Waals surface area contributed by atoms with Crippen molar-refractivity contribution in [1.29, 1.82) is 0 Å². The molecule has 1 rings (SSSR count). The molecule has 0 saturated heterocycles. The van der Waals surface area contributed by atoms with Gasteiger partial charge in [0.05, 0.1) is 7.11 Å². The van der Waals surface area contributed by atoms with Crippen LogP contribution in [0.4, 0.5) is 0 Å². The van der Waals surface area contributed by atoms with Gasteiger partial charge in [-0.1, -0.05) is 26.0 Å². The van der Waals surface area contributed by atoms with E-state index in [4.69, 9.17) is 10.5 Å². The van der Waals surface area contributed by atoms with Crippen LogP contribution in [0.2, 0.25) is 0 Å². The zero-order valence-corrected chi connectivity index (χ0v) is 10.4. The number of hydrogen-bond donors (Lipinski definition) is 1. The molecule has 0 aliphatic heterocycles. The molecule has 0 aliphatic carbocycles. The van der Waals surface area contributed by atoms with Crippen LogP contribution < -0.4 is 10.5 Å². The fraction of sp³-hybridized carbons (Fsp3) is 0.500. The zero-order valence-electron chi connectivity index (χ0n) is 9.57. The van der Waals surface area contributed by atoms with Crippen LogP contribution in [0.3, 0.4) is 0 Å². The molecular formula is C12H19NOS. The van der Waals surface area contributed by atoms with Gasteiger partial charge in [-0.05, 0) is 22.9 Å². The van der Waals surface area contributed by atoms with Gasteiger partial charge in [0, 0.05) is 11.8 Å². The molecule has 0 aromatic heterocycles. The minimum absolute atomic E-state index is 0.0903. The Morgan fingerprint density at radius 2 is 2.13 bits per heavy atom. The number of benzene rings is 1. The summed E-state index contributed by atoms with van der Waals surface area (Å²) in [5.41, 5.74) is 7.23. The molecule has 2 nitrogen and oxygen atoms in total. The first kappa shape index (κ1) is 12.4. The number of methoxy groups -OCH3 is 1. The standard InChI is InChI=1S/C12H19NOS/c1-9(2)15-8-12(13)10-5-4-6-11(7-10)14-3/h4-7,9,12H,8,13H2,1-3H3. The molecule has 1 aromatic carbocycles. The lowest BCUT2D eigenvalue weighted by molar-refractivity contribution is 0.414. The van der Waals surface area contributed by atoms with Gasteiger partial charge in [0.2, 0.25) is 0 Å². The predicted molar refractivity (Wildman–Crippen MR) is 67.5 cm³/mol. The van der Waals surface area contributed by atoms with Crippen LogP contribution in [-0.4, -0.2) is 18.1 Å². The molecule has 0 amide bonds. The molecule has 0 saturated carbocycles. The molecule has 0 spiro atoms. The van der Waals surface area contributed by atoms with Gasteiger partial charge in [0.15, 0.2) is 0 Å². The maximum absolute atomic E-state index is 6.09. The molecule has 0 radical (unpaired) electrons. The summed E-state index contributed by atoms with van der Waals surface area (Å²) in [6.45, 7) is 4.37. The van der Waals surface area contributed by atoms with Crippen molar-refractivity contribution in [3.8, 4) is 5.75 Å². The van der Waals surface area contributed by atoms with Crippen molar-refractivity contribution in [3.05, 3.63) is 29.8 Å². The number of rotatable bonds is 5. The molecule has 2 N–H and O–H groups in total. The average Bonchev–Trinajstić information content (AvgIpc) is 2.26. The number of hydrogen-bond acceptors (Lipinski definition) is 3. The van der Waals surface area contributed by atoms with Crippen molar-refractivity contribution in [1.82, 2.24) is 0 Å². The minimum atomic E-state index is 0.0903. The van der Waals surface area contributed by atoms with Gasteiger partial charge in [-0.2, -0.15) is 11.8 Å². The van der Waals surface area contributed by atoms with Crippen LogP contribution in [0.1, 0.15) is 25.5 Å². The smallest absolute Gasteiger partial charge is 0.119 e. The second kappa shape index (κ2) is 6.03. The summed E-state index contributed by atoms with van der Waals surface area (Å²) in [6.07, 6.45) is 0. The van der Waals surface area contributed by atoms with Gasteiger partial charge >= 0.3 is 0 Å². The van der Waals surface area contributed by atoms with E-state index in [0.717, 1.165) is 17.1 Å². The topological polar surface area (TPSA) is 35.2 Å². The summed E-state index contributed by atoms with van der Waals surface area (Å²) in [4.78, 5) is 0. The van der Waals surface area contributed by atoms with Crippen LogP contribution in [0, 0.1) is 0 Å². The summed E-state index contributed by atoms with van der Waals surface area (Å²) in [5.74, 6) is 1.82. The maximum Gasteiger partial charge on any atom is 0.119 e. The Morgan fingerprint density at radius 1 is 1.40 bits per heavy atom. The maximum atomic E-state index is 6.09. The quantitative estimate of drug-likeness (QED) is 0.837. The highest BCUT2D eigenvalue weighted by Crippen LogP contribution is 2.22. The zero-order chi connectivity index (χ0) is 11.3. The van der Waals surface area contributed by atoms with Crippen molar-refractivity contribution >= 4 is 11.8 Å². The van der Waals surface area contributed by atoms with Gasteiger partial charge in [0.1, 0.15) is 5.75 Å². The van der Waals surface area contributed by atoms with E-state index in [-0.39, 0.29) is 6.04 Å². The minimum Gasteiger partial charge on any atom is -0.497 e. The van der Waals surface area contributed by atoms with Crippen molar-refractivity contribution in [3.63, 3.8) is 0 Å². The number of ether oxygens (including phenoxy) is 1. The Labute approximate surface area is 96.2 Å². The summed E-state index contributed by atoms with van der Waals surface area (Å²) in [6, 6.07) is 8.06. The molecule has 0 heterocycles. The van der Waals surface area contributed by atoms with E-state index in [1.807, 2.05) is 36.0 Å². The number of nitrogens with two attached hydrogens (primary N) is 1. The van der Waals surface area contributed by atoms with E-state index in [1.54, 1.807) is 7.11 Å². The third-order valence-electron chi connectivity index (χ3n) is 2.13. The van der Waals surface area contributed by atoms with Gasteiger partial charge in [0.25, 0.3) is 0 Å². The first-order valence-electron chi connectivity index (χ1n) is 5.14. The second-order valence-corrected chi connectivity index (χ2v) is 5.37. The third kappa shape index (κ3) is 4.14. The molecule has 3 heteroatoms. The van der Waals surface area contributed by atoms with Gasteiger partial charge in [-0.15, -0.1) is 0 Å². The first-order valence-corrected chi connectivity index (χ1v) is 6.19. The lowest BCUT2D eigenvalue weighted by atomic mass is 10.1. The van der Waals surface area contributed by atoms with Crippen molar-refractivity contribution < 1.29 is 4.74 Å². The monoisotopic (exact) mass is 225 g/mol. The Balaban J connectivity index is 2.60. The highest BCUT2D eigenvalue weighted by atomic mass is 32.2. The SMILES string of the molecule is COc1cccc(C(N)CSC(C)C)c1. The highest BCUT2D eigenvalue weighted by Gasteiger charge is 2.07. The molecule has 84 valence electrons. The predicted octanol–water partition coefficient (Wildman–Crippen LogP) is 2.84.